The van der Waals surface area contributed by atoms with Gasteiger partial charge in [-0.3, -0.25) is 4.99 Å². The Balaban J connectivity index is 0.00000280. The van der Waals surface area contributed by atoms with Crippen molar-refractivity contribution in [1.82, 2.24) is 10.6 Å². The van der Waals surface area contributed by atoms with Crippen LogP contribution in [0.25, 0.3) is 0 Å². The minimum atomic E-state index is -0.209. The van der Waals surface area contributed by atoms with Crippen LogP contribution in [0, 0.1) is 5.82 Å². The number of benzene rings is 2. The van der Waals surface area contributed by atoms with E-state index in [0.717, 1.165) is 29.0 Å². The summed E-state index contributed by atoms with van der Waals surface area (Å²) in [4.78, 5) is 4.31. The standard InChI is InChI=1S/C21H25ClFN3O.HI/c1-24-20(25-14-16-5-2-3-8-19(16)22)26-15-21(9-11-27-12-10-21)17-6-4-7-18(23)13-17;/h2-8,13H,9-12,14-15H2,1H3,(H2,24,25,26);1H. The summed E-state index contributed by atoms with van der Waals surface area (Å²) in [6, 6.07) is 14.6. The Hall–Kier alpha value is -1.38. The number of hydrogen-bond donors (Lipinski definition) is 2. The molecule has 1 aliphatic heterocycles. The molecule has 1 heterocycles. The first-order chi connectivity index (χ1) is 13.1. The van der Waals surface area contributed by atoms with Gasteiger partial charge in [-0.25, -0.2) is 4.39 Å². The van der Waals surface area contributed by atoms with Gasteiger partial charge in [0.15, 0.2) is 5.96 Å². The van der Waals surface area contributed by atoms with Crippen LogP contribution in [0.2, 0.25) is 5.02 Å². The molecule has 0 amide bonds. The molecule has 0 spiro atoms. The number of nitrogens with one attached hydrogen (secondary N) is 2. The SMILES string of the molecule is CN=C(NCc1ccccc1Cl)NCC1(c2cccc(F)c2)CCOCC1.I. The van der Waals surface area contributed by atoms with Crippen molar-refractivity contribution in [2.45, 2.75) is 24.8 Å². The molecule has 28 heavy (non-hydrogen) atoms. The second-order valence-corrected chi connectivity index (χ2v) is 7.18. The molecular formula is C21H26ClFIN3O. The van der Waals surface area contributed by atoms with Gasteiger partial charge in [0, 0.05) is 43.8 Å². The average Bonchev–Trinajstić information content (AvgIpc) is 2.70. The fraction of sp³-hybridized carbons (Fsp3) is 0.381. The molecule has 1 saturated heterocycles. The molecule has 4 nitrogen and oxygen atoms in total. The molecule has 2 aromatic carbocycles. The Morgan fingerprint density at radius 1 is 1.14 bits per heavy atom. The van der Waals surface area contributed by atoms with E-state index in [2.05, 4.69) is 15.6 Å². The highest BCUT2D eigenvalue weighted by Crippen LogP contribution is 2.34. The lowest BCUT2D eigenvalue weighted by Crippen LogP contribution is -2.48. The van der Waals surface area contributed by atoms with Crippen LogP contribution in [0.1, 0.15) is 24.0 Å². The second kappa shape index (κ2) is 11.0. The van der Waals surface area contributed by atoms with Gasteiger partial charge in [0.05, 0.1) is 0 Å². The normalized spacial score (nSPS) is 16.2. The molecule has 0 radical (unpaired) electrons. The number of nitrogens with zero attached hydrogens (tertiary/aromatic N) is 1. The van der Waals surface area contributed by atoms with Crippen molar-refractivity contribution < 1.29 is 9.13 Å². The zero-order valence-corrected chi connectivity index (χ0v) is 19.0. The molecule has 7 heteroatoms. The lowest BCUT2D eigenvalue weighted by Gasteiger charge is -2.38. The van der Waals surface area contributed by atoms with E-state index < -0.39 is 0 Å². The summed E-state index contributed by atoms with van der Waals surface area (Å²) in [6.45, 7) is 2.57. The molecule has 0 aliphatic carbocycles. The molecule has 1 aliphatic rings. The highest BCUT2D eigenvalue weighted by molar-refractivity contribution is 14.0. The molecule has 152 valence electrons. The average molecular weight is 518 g/mol. The molecule has 3 rings (SSSR count). The van der Waals surface area contributed by atoms with Crippen LogP contribution >= 0.6 is 35.6 Å². The van der Waals surface area contributed by atoms with Gasteiger partial charge in [0.2, 0.25) is 0 Å². The van der Waals surface area contributed by atoms with E-state index in [1.165, 1.54) is 6.07 Å². The van der Waals surface area contributed by atoms with Gasteiger partial charge < -0.3 is 15.4 Å². The van der Waals surface area contributed by atoms with Crippen molar-refractivity contribution >= 4 is 41.5 Å². The van der Waals surface area contributed by atoms with Gasteiger partial charge in [0.25, 0.3) is 0 Å². The summed E-state index contributed by atoms with van der Waals surface area (Å²) in [6.07, 6.45) is 1.68. The Kier molecular flexibility index (Phi) is 8.98. The Morgan fingerprint density at radius 2 is 1.89 bits per heavy atom. The van der Waals surface area contributed by atoms with Crippen molar-refractivity contribution in [3.05, 3.63) is 70.5 Å². The quantitative estimate of drug-likeness (QED) is 0.349. The molecule has 0 saturated carbocycles. The molecule has 0 atom stereocenters. The summed E-state index contributed by atoms with van der Waals surface area (Å²) in [7, 11) is 1.74. The first-order valence-corrected chi connectivity index (χ1v) is 9.52. The van der Waals surface area contributed by atoms with Crippen molar-refractivity contribution in [3.8, 4) is 0 Å². The van der Waals surface area contributed by atoms with Crippen molar-refractivity contribution in [3.63, 3.8) is 0 Å². The third-order valence-corrected chi connectivity index (χ3v) is 5.48. The molecule has 2 N–H and O–H groups in total. The predicted octanol–water partition coefficient (Wildman–Crippen LogP) is 4.51. The predicted molar refractivity (Wildman–Crippen MR) is 123 cm³/mol. The van der Waals surface area contributed by atoms with Crippen LogP contribution in [0.15, 0.2) is 53.5 Å². The summed E-state index contributed by atoms with van der Waals surface area (Å²) in [5, 5.41) is 7.42. The van der Waals surface area contributed by atoms with Crippen molar-refractivity contribution in [2.75, 3.05) is 26.8 Å². The Morgan fingerprint density at radius 3 is 2.57 bits per heavy atom. The summed E-state index contributed by atoms with van der Waals surface area (Å²) < 4.78 is 19.3. The van der Waals surface area contributed by atoms with Crippen LogP contribution in [0.4, 0.5) is 4.39 Å². The first-order valence-electron chi connectivity index (χ1n) is 9.15. The maximum Gasteiger partial charge on any atom is 0.191 e. The van der Waals surface area contributed by atoms with Gasteiger partial charge in [-0.15, -0.1) is 24.0 Å². The van der Waals surface area contributed by atoms with E-state index in [9.17, 15) is 4.39 Å². The molecule has 0 aromatic heterocycles. The van der Waals surface area contributed by atoms with Crippen LogP contribution < -0.4 is 10.6 Å². The zero-order chi connectivity index (χ0) is 19.1. The number of ether oxygens (including phenoxy) is 1. The van der Waals surface area contributed by atoms with Crippen molar-refractivity contribution in [1.29, 1.82) is 0 Å². The maximum atomic E-state index is 13.8. The minimum absolute atomic E-state index is 0. The maximum absolute atomic E-state index is 13.8. The van der Waals surface area contributed by atoms with E-state index in [-0.39, 0.29) is 35.2 Å². The van der Waals surface area contributed by atoms with E-state index in [4.69, 9.17) is 16.3 Å². The van der Waals surface area contributed by atoms with E-state index >= 15 is 0 Å². The summed E-state index contributed by atoms with van der Waals surface area (Å²) >= 11 is 6.22. The molecule has 2 aromatic rings. The lowest BCUT2D eigenvalue weighted by molar-refractivity contribution is 0.0513. The number of guanidine groups is 1. The van der Waals surface area contributed by atoms with Crippen LogP contribution in [0.3, 0.4) is 0 Å². The number of rotatable bonds is 5. The Bertz CT molecular complexity index is 797. The summed E-state index contributed by atoms with van der Waals surface area (Å²) in [5.74, 6) is 0.483. The number of hydrogen-bond acceptors (Lipinski definition) is 2. The van der Waals surface area contributed by atoms with E-state index in [1.807, 2.05) is 30.3 Å². The molecular weight excluding hydrogens is 492 g/mol. The van der Waals surface area contributed by atoms with Crippen LogP contribution in [-0.4, -0.2) is 32.8 Å². The van der Waals surface area contributed by atoms with E-state index in [0.29, 0.717) is 32.3 Å². The second-order valence-electron chi connectivity index (χ2n) is 6.77. The third kappa shape index (κ3) is 5.81. The van der Waals surface area contributed by atoms with Gasteiger partial charge >= 0.3 is 0 Å². The highest BCUT2D eigenvalue weighted by Gasteiger charge is 2.34. The van der Waals surface area contributed by atoms with Crippen molar-refractivity contribution in [2.24, 2.45) is 4.99 Å². The molecule has 0 bridgehead atoms. The fourth-order valence-corrected chi connectivity index (χ4v) is 3.64. The zero-order valence-electron chi connectivity index (χ0n) is 15.9. The first kappa shape index (κ1) is 22.9. The number of halogens is 3. The summed E-state index contributed by atoms with van der Waals surface area (Å²) in [5.41, 5.74) is 1.83. The largest absolute Gasteiger partial charge is 0.381 e. The van der Waals surface area contributed by atoms with Gasteiger partial charge in [-0.05, 0) is 42.2 Å². The smallest absolute Gasteiger partial charge is 0.191 e. The van der Waals surface area contributed by atoms with Gasteiger partial charge in [-0.2, -0.15) is 0 Å². The lowest BCUT2D eigenvalue weighted by atomic mass is 9.74. The topological polar surface area (TPSA) is 45.7 Å². The minimum Gasteiger partial charge on any atom is -0.381 e. The van der Waals surface area contributed by atoms with Crippen LogP contribution in [-0.2, 0) is 16.7 Å². The Labute approximate surface area is 187 Å². The van der Waals surface area contributed by atoms with Gasteiger partial charge in [0.1, 0.15) is 5.82 Å². The van der Waals surface area contributed by atoms with Gasteiger partial charge in [-0.1, -0.05) is 41.9 Å². The third-order valence-electron chi connectivity index (χ3n) is 5.11. The fourth-order valence-electron chi connectivity index (χ4n) is 3.44. The highest BCUT2D eigenvalue weighted by atomic mass is 127. The molecule has 0 unspecified atom stereocenters. The molecule has 1 fully saturated rings. The number of aliphatic imine (C=N–C) groups is 1. The van der Waals surface area contributed by atoms with E-state index in [1.54, 1.807) is 19.2 Å². The van der Waals surface area contributed by atoms with Crippen LogP contribution in [0.5, 0.6) is 0 Å². The monoisotopic (exact) mass is 517 g/mol.